The summed E-state index contributed by atoms with van der Waals surface area (Å²) in [6, 6.07) is 5.46. The van der Waals surface area contributed by atoms with Gasteiger partial charge in [0.2, 0.25) is 0 Å². The lowest BCUT2D eigenvalue weighted by Gasteiger charge is -2.07. The van der Waals surface area contributed by atoms with E-state index in [0.29, 0.717) is 10.6 Å². The first kappa shape index (κ1) is 18.5. The first-order valence-electron chi connectivity index (χ1n) is 7.27. The van der Waals surface area contributed by atoms with Crippen LogP contribution in [0.5, 0.6) is 5.75 Å². The molecule has 132 valence electrons. The molecule has 0 radical (unpaired) electrons. The maximum Gasteiger partial charge on any atom is 0.341 e. The zero-order valence-electron chi connectivity index (χ0n) is 13.9. The molecule has 0 fully saturated rings. The quantitative estimate of drug-likeness (QED) is 0.792. The van der Waals surface area contributed by atoms with Gasteiger partial charge in [0.25, 0.3) is 5.91 Å². The first-order chi connectivity index (χ1) is 11.8. The van der Waals surface area contributed by atoms with Crippen LogP contribution >= 0.6 is 11.3 Å². The second-order valence-electron chi connectivity index (χ2n) is 5.15. The second-order valence-corrected chi connectivity index (χ2v) is 6.37. The van der Waals surface area contributed by atoms with Crippen LogP contribution in [0.4, 0.5) is 5.00 Å². The van der Waals surface area contributed by atoms with E-state index in [0.717, 1.165) is 10.4 Å². The van der Waals surface area contributed by atoms with Crippen molar-refractivity contribution in [3.63, 3.8) is 0 Å². The van der Waals surface area contributed by atoms with Crippen molar-refractivity contribution in [1.82, 2.24) is 0 Å². The Hall–Kier alpha value is -2.87. The van der Waals surface area contributed by atoms with Crippen LogP contribution in [0.3, 0.4) is 0 Å². The lowest BCUT2D eigenvalue weighted by molar-refractivity contribution is -0.119. The molecule has 25 heavy (non-hydrogen) atoms. The van der Waals surface area contributed by atoms with Crippen molar-refractivity contribution in [3.05, 3.63) is 45.8 Å². The molecule has 0 spiro atoms. The molecular weight excluding hydrogens is 346 g/mol. The molecule has 0 unspecified atom stereocenters. The fourth-order valence-electron chi connectivity index (χ4n) is 2.04. The summed E-state index contributed by atoms with van der Waals surface area (Å²) in [7, 11) is 1.26. The average Bonchev–Trinajstić information content (AvgIpc) is 2.86. The Bertz CT molecular complexity index is 809. The van der Waals surface area contributed by atoms with Crippen LogP contribution < -0.4 is 5.32 Å². The number of aryl methyl sites for hydroxylation is 1. The summed E-state index contributed by atoms with van der Waals surface area (Å²) in [6.07, 6.45) is 0. The molecular formula is C17H17NO6S. The van der Waals surface area contributed by atoms with E-state index in [9.17, 15) is 19.5 Å². The predicted octanol–water partition coefficient (Wildman–Crippen LogP) is 2.65. The molecule has 0 aliphatic rings. The number of amides is 1. The van der Waals surface area contributed by atoms with Gasteiger partial charge < -0.3 is 19.9 Å². The van der Waals surface area contributed by atoms with Crippen molar-refractivity contribution in [1.29, 1.82) is 0 Å². The van der Waals surface area contributed by atoms with E-state index in [2.05, 4.69) is 5.32 Å². The van der Waals surface area contributed by atoms with Gasteiger partial charge >= 0.3 is 11.9 Å². The van der Waals surface area contributed by atoms with Crippen LogP contribution in [0.1, 0.15) is 31.2 Å². The van der Waals surface area contributed by atoms with Gasteiger partial charge in [-0.05, 0) is 43.7 Å². The van der Waals surface area contributed by atoms with Crippen LogP contribution in [-0.4, -0.2) is 36.7 Å². The number of thiophene rings is 1. The summed E-state index contributed by atoms with van der Waals surface area (Å²) >= 11 is 1.24. The van der Waals surface area contributed by atoms with Gasteiger partial charge in [-0.3, -0.25) is 4.79 Å². The highest BCUT2D eigenvalue weighted by atomic mass is 32.1. The van der Waals surface area contributed by atoms with Crippen molar-refractivity contribution in [2.45, 2.75) is 13.8 Å². The van der Waals surface area contributed by atoms with E-state index in [-0.39, 0.29) is 11.3 Å². The average molecular weight is 363 g/mol. The van der Waals surface area contributed by atoms with E-state index in [1.807, 2.05) is 6.92 Å². The zero-order valence-corrected chi connectivity index (χ0v) is 14.7. The second kappa shape index (κ2) is 7.80. The van der Waals surface area contributed by atoms with Gasteiger partial charge in [0.15, 0.2) is 6.61 Å². The maximum absolute atomic E-state index is 12.0. The number of aromatic hydroxyl groups is 1. The van der Waals surface area contributed by atoms with Gasteiger partial charge in [0, 0.05) is 4.88 Å². The zero-order chi connectivity index (χ0) is 18.6. The molecule has 7 nitrogen and oxygen atoms in total. The third-order valence-corrected chi connectivity index (χ3v) is 4.59. The Balaban J connectivity index is 2.01. The molecule has 1 aromatic carbocycles. The van der Waals surface area contributed by atoms with Gasteiger partial charge in [-0.25, -0.2) is 9.59 Å². The normalized spacial score (nSPS) is 10.2. The van der Waals surface area contributed by atoms with Gasteiger partial charge in [-0.2, -0.15) is 0 Å². The van der Waals surface area contributed by atoms with E-state index < -0.39 is 24.5 Å². The number of carbonyl (C=O) groups is 3. The monoisotopic (exact) mass is 363 g/mol. The highest BCUT2D eigenvalue weighted by Crippen LogP contribution is 2.32. The Labute approximate surface area is 148 Å². The van der Waals surface area contributed by atoms with Gasteiger partial charge in [-0.15, -0.1) is 11.3 Å². The SMILES string of the molecule is COC(=O)c1c(NC(=O)COC(=O)c2ccc(O)cc2)sc(C)c1C. The van der Waals surface area contributed by atoms with Crippen molar-refractivity contribution in [3.8, 4) is 5.75 Å². The number of anilines is 1. The van der Waals surface area contributed by atoms with Crippen LogP contribution in [0.25, 0.3) is 0 Å². The van der Waals surface area contributed by atoms with Crippen LogP contribution in [0, 0.1) is 13.8 Å². The fourth-order valence-corrected chi connectivity index (χ4v) is 3.10. The summed E-state index contributed by atoms with van der Waals surface area (Å²) < 4.78 is 9.65. The van der Waals surface area contributed by atoms with Gasteiger partial charge in [0.1, 0.15) is 10.8 Å². The Kier molecular flexibility index (Phi) is 5.76. The molecule has 1 heterocycles. The predicted molar refractivity (Wildman–Crippen MR) is 92.2 cm³/mol. The maximum atomic E-state index is 12.0. The van der Waals surface area contributed by atoms with E-state index >= 15 is 0 Å². The molecule has 2 N–H and O–H groups in total. The van der Waals surface area contributed by atoms with Crippen molar-refractivity contribution in [2.24, 2.45) is 0 Å². The number of hydrogen-bond acceptors (Lipinski definition) is 7. The van der Waals surface area contributed by atoms with Gasteiger partial charge in [0.05, 0.1) is 18.2 Å². The summed E-state index contributed by atoms with van der Waals surface area (Å²) in [5.41, 5.74) is 1.24. The molecule has 8 heteroatoms. The third kappa shape index (κ3) is 4.36. The number of ether oxygens (including phenoxy) is 2. The third-order valence-electron chi connectivity index (χ3n) is 3.47. The summed E-state index contributed by atoms with van der Waals surface area (Å²) in [4.78, 5) is 36.6. The van der Waals surface area contributed by atoms with E-state index in [1.165, 1.54) is 42.7 Å². The number of esters is 2. The number of phenols is 1. The molecule has 2 rings (SSSR count). The molecule has 0 saturated heterocycles. The number of phenolic OH excluding ortho intramolecular Hbond substituents is 1. The summed E-state index contributed by atoms with van der Waals surface area (Å²) in [6.45, 7) is 3.09. The minimum atomic E-state index is -0.693. The standard InChI is InChI=1S/C17H17NO6S/c1-9-10(2)25-15(14(9)17(22)23-3)18-13(20)8-24-16(21)11-4-6-12(19)7-5-11/h4-7,19H,8H2,1-3H3,(H,18,20). The van der Waals surface area contributed by atoms with Crippen molar-refractivity contribution in [2.75, 3.05) is 19.0 Å². The lowest BCUT2D eigenvalue weighted by Crippen LogP contribution is -2.21. The fraction of sp³-hybridized carbons (Fsp3) is 0.235. The molecule has 0 saturated carbocycles. The van der Waals surface area contributed by atoms with Gasteiger partial charge in [-0.1, -0.05) is 0 Å². The topological polar surface area (TPSA) is 102 Å². The van der Waals surface area contributed by atoms with Crippen LogP contribution in [0.2, 0.25) is 0 Å². The molecule has 0 aliphatic carbocycles. The summed E-state index contributed by atoms with van der Waals surface area (Å²) in [5.74, 6) is -1.79. The van der Waals surface area contributed by atoms with Crippen LogP contribution in [-0.2, 0) is 14.3 Å². The lowest BCUT2D eigenvalue weighted by atomic mass is 10.1. The number of benzene rings is 1. The molecule has 1 aromatic heterocycles. The van der Waals surface area contributed by atoms with E-state index in [1.54, 1.807) is 6.92 Å². The molecule has 1 amide bonds. The number of methoxy groups -OCH3 is 1. The van der Waals surface area contributed by atoms with Crippen molar-refractivity contribution < 1.29 is 29.0 Å². The summed E-state index contributed by atoms with van der Waals surface area (Å²) in [5, 5.41) is 12.1. The minimum Gasteiger partial charge on any atom is -0.508 e. The Morgan fingerprint density at radius 2 is 1.76 bits per heavy atom. The number of nitrogens with one attached hydrogen (secondary N) is 1. The Morgan fingerprint density at radius 3 is 2.36 bits per heavy atom. The van der Waals surface area contributed by atoms with Crippen LogP contribution in [0.15, 0.2) is 24.3 Å². The Morgan fingerprint density at radius 1 is 1.12 bits per heavy atom. The van der Waals surface area contributed by atoms with Crippen molar-refractivity contribution >= 4 is 34.2 Å². The highest BCUT2D eigenvalue weighted by Gasteiger charge is 2.22. The molecule has 2 aromatic rings. The number of carbonyl (C=O) groups excluding carboxylic acids is 3. The molecule has 0 atom stereocenters. The first-order valence-corrected chi connectivity index (χ1v) is 8.09. The highest BCUT2D eigenvalue weighted by molar-refractivity contribution is 7.16. The minimum absolute atomic E-state index is 0.0214. The smallest absolute Gasteiger partial charge is 0.341 e. The number of rotatable bonds is 5. The van der Waals surface area contributed by atoms with E-state index in [4.69, 9.17) is 9.47 Å². The molecule has 0 aliphatic heterocycles. The molecule has 0 bridgehead atoms. The number of hydrogen-bond donors (Lipinski definition) is 2. The largest absolute Gasteiger partial charge is 0.508 e.